The highest BCUT2D eigenvalue weighted by Crippen LogP contribution is 2.22. The summed E-state index contributed by atoms with van der Waals surface area (Å²) in [7, 11) is 0. The molecule has 1 aliphatic rings. The highest BCUT2D eigenvalue weighted by molar-refractivity contribution is 5.86. The van der Waals surface area contributed by atoms with Crippen LogP contribution in [-0.4, -0.2) is 47.2 Å². The average molecular weight is 242 g/mol. The first-order valence-electron chi connectivity index (χ1n) is 6.68. The number of piperidine rings is 1. The predicted molar refractivity (Wildman–Crippen MR) is 68.8 cm³/mol. The monoisotopic (exact) mass is 242 g/mol. The molecule has 0 aliphatic carbocycles. The Morgan fingerprint density at radius 3 is 2.65 bits per heavy atom. The molecule has 0 aromatic heterocycles. The maximum atomic E-state index is 12.5. The molecular formula is C13H26N2O2. The third-order valence-electron chi connectivity index (χ3n) is 3.53. The van der Waals surface area contributed by atoms with Crippen molar-refractivity contribution in [1.82, 2.24) is 10.2 Å². The highest BCUT2D eigenvalue weighted by atomic mass is 16.3. The third kappa shape index (κ3) is 3.68. The van der Waals surface area contributed by atoms with Gasteiger partial charge in [-0.05, 0) is 53.0 Å². The molecule has 4 nitrogen and oxygen atoms in total. The van der Waals surface area contributed by atoms with Gasteiger partial charge in [0.15, 0.2) is 0 Å². The summed E-state index contributed by atoms with van der Waals surface area (Å²) >= 11 is 0. The number of hydrogen-bond donors (Lipinski definition) is 2. The number of aliphatic hydroxyl groups excluding tert-OH is 1. The van der Waals surface area contributed by atoms with Crippen molar-refractivity contribution in [3.63, 3.8) is 0 Å². The van der Waals surface area contributed by atoms with Gasteiger partial charge in [-0.15, -0.1) is 0 Å². The summed E-state index contributed by atoms with van der Waals surface area (Å²) in [5, 5.41) is 12.3. The molecule has 0 aromatic carbocycles. The van der Waals surface area contributed by atoms with Crippen molar-refractivity contribution in [3.8, 4) is 0 Å². The molecule has 1 amide bonds. The maximum Gasteiger partial charge on any atom is 0.242 e. The quantitative estimate of drug-likeness (QED) is 0.760. The van der Waals surface area contributed by atoms with E-state index in [4.69, 9.17) is 5.11 Å². The Balaban J connectivity index is 2.68. The first-order chi connectivity index (χ1) is 8.01. The van der Waals surface area contributed by atoms with Gasteiger partial charge in [-0.2, -0.15) is 0 Å². The smallest absolute Gasteiger partial charge is 0.242 e. The molecule has 1 rings (SSSR count). The summed E-state index contributed by atoms with van der Waals surface area (Å²) in [6, 6.07) is 0.189. The largest absolute Gasteiger partial charge is 0.396 e. The zero-order chi connectivity index (χ0) is 12.9. The molecule has 100 valence electrons. The van der Waals surface area contributed by atoms with E-state index in [-0.39, 0.29) is 18.6 Å². The minimum atomic E-state index is -0.405. The average Bonchev–Trinajstić information content (AvgIpc) is 2.30. The van der Waals surface area contributed by atoms with Crippen LogP contribution in [0, 0.1) is 0 Å². The summed E-state index contributed by atoms with van der Waals surface area (Å²) in [6.45, 7) is 7.77. The zero-order valence-corrected chi connectivity index (χ0v) is 11.3. The van der Waals surface area contributed by atoms with Gasteiger partial charge in [0.1, 0.15) is 0 Å². The molecular weight excluding hydrogens is 216 g/mol. The third-order valence-corrected chi connectivity index (χ3v) is 3.53. The Morgan fingerprint density at radius 2 is 2.18 bits per heavy atom. The van der Waals surface area contributed by atoms with Crippen molar-refractivity contribution >= 4 is 5.91 Å². The molecule has 0 aromatic rings. The van der Waals surface area contributed by atoms with Crippen LogP contribution in [0.15, 0.2) is 0 Å². The van der Waals surface area contributed by atoms with Gasteiger partial charge >= 0.3 is 0 Å². The Bertz CT molecular complexity index is 248. The van der Waals surface area contributed by atoms with Crippen molar-refractivity contribution in [1.29, 1.82) is 0 Å². The van der Waals surface area contributed by atoms with Crippen LogP contribution in [0.4, 0.5) is 0 Å². The van der Waals surface area contributed by atoms with Crippen LogP contribution < -0.4 is 5.32 Å². The zero-order valence-electron chi connectivity index (χ0n) is 11.3. The maximum absolute atomic E-state index is 12.5. The molecule has 2 N–H and O–H groups in total. The number of hydrogen-bond acceptors (Lipinski definition) is 3. The summed E-state index contributed by atoms with van der Waals surface area (Å²) in [6.07, 6.45) is 3.83. The molecule has 1 aliphatic heterocycles. The van der Waals surface area contributed by atoms with Gasteiger partial charge in [-0.25, -0.2) is 0 Å². The van der Waals surface area contributed by atoms with Gasteiger partial charge < -0.3 is 15.3 Å². The van der Waals surface area contributed by atoms with Crippen LogP contribution in [0.1, 0.15) is 46.5 Å². The Labute approximate surface area is 104 Å². The first kappa shape index (κ1) is 14.5. The second kappa shape index (κ2) is 6.36. The molecule has 0 bridgehead atoms. The lowest BCUT2D eigenvalue weighted by Gasteiger charge is -2.39. The lowest BCUT2D eigenvalue weighted by Crippen LogP contribution is -2.59. The van der Waals surface area contributed by atoms with Crippen molar-refractivity contribution in [2.75, 3.05) is 19.7 Å². The van der Waals surface area contributed by atoms with Gasteiger partial charge in [-0.1, -0.05) is 0 Å². The number of nitrogens with one attached hydrogen (secondary N) is 1. The van der Waals surface area contributed by atoms with Gasteiger partial charge in [0.25, 0.3) is 0 Å². The van der Waals surface area contributed by atoms with Gasteiger partial charge in [0, 0.05) is 19.2 Å². The first-order valence-corrected chi connectivity index (χ1v) is 6.68. The summed E-state index contributed by atoms with van der Waals surface area (Å²) in [4.78, 5) is 14.4. The Hall–Kier alpha value is -0.610. The second-order valence-corrected chi connectivity index (χ2v) is 5.39. The van der Waals surface area contributed by atoms with E-state index in [9.17, 15) is 4.79 Å². The van der Waals surface area contributed by atoms with E-state index in [0.29, 0.717) is 13.0 Å². The van der Waals surface area contributed by atoms with E-state index in [1.165, 1.54) is 0 Å². The molecule has 1 fully saturated rings. The number of carbonyl (C=O) groups is 1. The van der Waals surface area contributed by atoms with Crippen LogP contribution >= 0.6 is 0 Å². The fourth-order valence-electron chi connectivity index (χ4n) is 2.39. The van der Waals surface area contributed by atoms with E-state index in [1.807, 2.05) is 25.7 Å². The van der Waals surface area contributed by atoms with Crippen LogP contribution in [0.5, 0.6) is 0 Å². The second-order valence-electron chi connectivity index (χ2n) is 5.39. The number of nitrogens with zero attached hydrogens (tertiary/aromatic N) is 1. The number of carbonyl (C=O) groups excluding carboxylic acids is 1. The van der Waals surface area contributed by atoms with Crippen LogP contribution in [0.2, 0.25) is 0 Å². The van der Waals surface area contributed by atoms with Crippen molar-refractivity contribution in [2.45, 2.75) is 58.0 Å². The van der Waals surface area contributed by atoms with Gasteiger partial charge in [0.2, 0.25) is 5.91 Å². The molecule has 1 unspecified atom stereocenters. The van der Waals surface area contributed by atoms with Crippen molar-refractivity contribution in [3.05, 3.63) is 0 Å². The molecule has 0 radical (unpaired) electrons. The number of rotatable bonds is 5. The van der Waals surface area contributed by atoms with E-state index < -0.39 is 5.54 Å². The normalized spacial score (nSPS) is 25.0. The molecule has 4 heteroatoms. The van der Waals surface area contributed by atoms with Gasteiger partial charge in [-0.3, -0.25) is 4.79 Å². The molecule has 17 heavy (non-hydrogen) atoms. The fraction of sp³-hybridized carbons (Fsp3) is 0.923. The highest BCUT2D eigenvalue weighted by Gasteiger charge is 2.37. The molecule has 1 saturated heterocycles. The lowest BCUT2D eigenvalue weighted by molar-refractivity contribution is -0.140. The Kier molecular flexibility index (Phi) is 5.40. The van der Waals surface area contributed by atoms with E-state index in [2.05, 4.69) is 5.32 Å². The molecule has 1 atom stereocenters. The molecule has 0 saturated carbocycles. The fourth-order valence-corrected chi connectivity index (χ4v) is 2.39. The topological polar surface area (TPSA) is 52.6 Å². The van der Waals surface area contributed by atoms with Gasteiger partial charge in [0.05, 0.1) is 5.54 Å². The van der Waals surface area contributed by atoms with Crippen LogP contribution in [-0.2, 0) is 4.79 Å². The standard InChI is InChI=1S/C13H26N2O2/c1-11(2)15(9-6-10-16)12(17)13(3)7-4-5-8-14-13/h11,14,16H,4-10H2,1-3H3. The minimum Gasteiger partial charge on any atom is -0.396 e. The van der Waals surface area contributed by atoms with E-state index in [0.717, 1.165) is 25.8 Å². The number of amides is 1. The SMILES string of the molecule is CC(C)N(CCCO)C(=O)C1(C)CCCCN1. The Morgan fingerprint density at radius 1 is 1.47 bits per heavy atom. The summed E-state index contributed by atoms with van der Waals surface area (Å²) in [5.74, 6) is 0.181. The van der Waals surface area contributed by atoms with E-state index in [1.54, 1.807) is 0 Å². The number of aliphatic hydroxyl groups is 1. The van der Waals surface area contributed by atoms with Crippen molar-refractivity contribution < 1.29 is 9.90 Å². The van der Waals surface area contributed by atoms with Crippen molar-refractivity contribution in [2.24, 2.45) is 0 Å². The van der Waals surface area contributed by atoms with E-state index >= 15 is 0 Å². The summed E-state index contributed by atoms with van der Waals surface area (Å²) < 4.78 is 0. The lowest BCUT2D eigenvalue weighted by atomic mass is 9.89. The summed E-state index contributed by atoms with van der Waals surface area (Å²) in [5.41, 5.74) is -0.405. The molecule has 0 spiro atoms. The van der Waals surface area contributed by atoms with Crippen LogP contribution in [0.3, 0.4) is 0 Å². The minimum absolute atomic E-state index is 0.140. The predicted octanol–water partition coefficient (Wildman–Crippen LogP) is 1.14. The van der Waals surface area contributed by atoms with Crippen LogP contribution in [0.25, 0.3) is 0 Å². The molecule has 1 heterocycles.